The van der Waals surface area contributed by atoms with Gasteiger partial charge in [0.1, 0.15) is 10.8 Å². The Morgan fingerprint density at radius 2 is 2.35 bits per heavy atom. The molecule has 6 heteroatoms. The quantitative estimate of drug-likeness (QED) is 0.819. The van der Waals surface area contributed by atoms with Gasteiger partial charge in [-0.1, -0.05) is 31.3 Å². The monoisotopic (exact) mass is 295 g/mol. The van der Waals surface area contributed by atoms with Gasteiger partial charge in [-0.15, -0.1) is 0 Å². The van der Waals surface area contributed by atoms with E-state index in [2.05, 4.69) is 5.32 Å². The van der Waals surface area contributed by atoms with Gasteiger partial charge < -0.3 is 11.1 Å². The molecule has 3 N–H and O–H groups in total. The van der Waals surface area contributed by atoms with E-state index in [4.69, 9.17) is 18.0 Å². The van der Waals surface area contributed by atoms with Gasteiger partial charge in [-0.05, 0) is 12.5 Å². The number of hydrogen-bond donors (Lipinski definition) is 2. The molecule has 2 rings (SSSR count). The van der Waals surface area contributed by atoms with E-state index >= 15 is 0 Å². The van der Waals surface area contributed by atoms with Crippen molar-refractivity contribution in [1.82, 2.24) is 10.2 Å². The van der Waals surface area contributed by atoms with Crippen molar-refractivity contribution >= 4 is 23.1 Å². The zero-order valence-electron chi connectivity index (χ0n) is 11.4. The molecule has 1 aliphatic rings. The topological polar surface area (TPSA) is 58.4 Å². The fourth-order valence-corrected chi connectivity index (χ4v) is 2.57. The molecule has 0 aliphatic carbocycles. The molecular formula is C14H18FN3OS. The van der Waals surface area contributed by atoms with Crippen LogP contribution in [0.4, 0.5) is 4.39 Å². The summed E-state index contributed by atoms with van der Waals surface area (Å²) in [6.07, 6.45) is 0.707. The minimum atomic E-state index is -0.337. The summed E-state index contributed by atoms with van der Waals surface area (Å²) in [4.78, 5) is 14.0. The average molecular weight is 295 g/mol. The summed E-state index contributed by atoms with van der Waals surface area (Å²) in [5.74, 6) is -0.324. The summed E-state index contributed by atoms with van der Waals surface area (Å²) in [6, 6.07) is 4.55. The number of benzene rings is 1. The van der Waals surface area contributed by atoms with Gasteiger partial charge in [0.25, 0.3) is 0 Å². The first kappa shape index (κ1) is 14.9. The van der Waals surface area contributed by atoms with Gasteiger partial charge in [0.2, 0.25) is 5.91 Å². The summed E-state index contributed by atoms with van der Waals surface area (Å²) in [7, 11) is 0. The highest BCUT2D eigenvalue weighted by atomic mass is 32.1. The first-order valence-electron chi connectivity index (χ1n) is 6.63. The minimum absolute atomic E-state index is 0.0129. The van der Waals surface area contributed by atoms with Crippen LogP contribution in [-0.2, 0) is 11.3 Å². The fourth-order valence-electron chi connectivity index (χ4n) is 2.44. The highest BCUT2D eigenvalue weighted by Gasteiger charge is 2.28. The summed E-state index contributed by atoms with van der Waals surface area (Å²) < 4.78 is 14.1. The Morgan fingerprint density at radius 3 is 2.95 bits per heavy atom. The summed E-state index contributed by atoms with van der Waals surface area (Å²) in [5.41, 5.74) is 6.55. The number of nitrogens with two attached hydrogens (primary N) is 1. The van der Waals surface area contributed by atoms with Crippen molar-refractivity contribution in [2.24, 2.45) is 5.73 Å². The lowest BCUT2D eigenvalue weighted by Crippen LogP contribution is -2.54. The second-order valence-electron chi connectivity index (χ2n) is 4.86. The maximum Gasteiger partial charge on any atom is 0.237 e. The molecule has 1 fully saturated rings. The second kappa shape index (κ2) is 6.28. The lowest BCUT2D eigenvalue weighted by molar-refractivity contribution is -0.129. The Hall–Kier alpha value is -1.53. The number of rotatable bonds is 4. The van der Waals surface area contributed by atoms with E-state index in [1.807, 2.05) is 11.8 Å². The Morgan fingerprint density at radius 1 is 1.60 bits per heavy atom. The Labute approximate surface area is 123 Å². The average Bonchev–Trinajstić information content (AvgIpc) is 2.41. The third-order valence-corrected chi connectivity index (χ3v) is 3.78. The molecule has 4 nitrogen and oxygen atoms in total. The van der Waals surface area contributed by atoms with E-state index in [0.29, 0.717) is 30.6 Å². The molecule has 0 spiro atoms. The van der Waals surface area contributed by atoms with Crippen molar-refractivity contribution in [3.63, 3.8) is 0 Å². The van der Waals surface area contributed by atoms with E-state index < -0.39 is 0 Å². The molecule has 0 radical (unpaired) electrons. The van der Waals surface area contributed by atoms with E-state index in [9.17, 15) is 9.18 Å². The van der Waals surface area contributed by atoms with E-state index in [-0.39, 0.29) is 22.8 Å². The lowest BCUT2D eigenvalue weighted by Gasteiger charge is -2.34. The van der Waals surface area contributed by atoms with Gasteiger partial charge in [0.15, 0.2) is 0 Å². The SMILES string of the molecule is CCC1C(=O)NCCN1Cc1ccc(C(N)=S)cc1F. The maximum absolute atomic E-state index is 14.1. The molecule has 108 valence electrons. The molecule has 1 saturated heterocycles. The molecule has 0 bridgehead atoms. The third-order valence-electron chi connectivity index (χ3n) is 3.54. The Kier molecular flexibility index (Phi) is 4.67. The number of nitrogens with one attached hydrogen (secondary N) is 1. The van der Waals surface area contributed by atoms with Crippen molar-refractivity contribution in [1.29, 1.82) is 0 Å². The fraction of sp³-hybridized carbons (Fsp3) is 0.429. The van der Waals surface area contributed by atoms with Gasteiger partial charge in [-0.3, -0.25) is 9.69 Å². The summed E-state index contributed by atoms with van der Waals surface area (Å²) in [6.45, 7) is 3.69. The molecular weight excluding hydrogens is 277 g/mol. The number of halogens is 1. The van der Waals surface area contributed by atoms with Gasteiger partial charge in [-0.25, -0.2) is 4.39 Å². The Bertz CT molecular complexity index is 535. The summed E-state index contributed by atoms with van der Waals surface area (Å²) >= 11 is 4.83. The first-order chi connectivity index (χ1) is 9.52. The Balaban J connectivity index is 2.16. The maximum atomic E-state index is 14.1. The molecule has 0 aromatic heterocycles. The van der Waals surface area contributed by atoms with Gasteiger partial charge in [-0.2, -0.15) is 0 Å². The summed E-state index contributed by atoms with van der Waals surface area (Å²) in [5, 5.41) is 2.83. The smallest absolute Gasteiger partial charge is 0.237 e. The number of thiocarbonyl (C=S) groups is 1. The molecule has 1 aliphatic heterocycles. The van der Waals surface area contributed by atoms with Crippen molar-refractivity contribution in [2.75, 3.05) is 13.1 Å². The largest absolute Gasteiger partial charge is 0.389 e. The zero-order valence-corrected chi connectivity index (χ0v) is 12.2. The van der Waals surface area contributed by atoms with Crippen LogP contribution in [0.15, 0.2) is 18.2 Å². The third kappa shape index (κ3) is 3.13. The zero-order chi connectivity index (χ0) is 14.7. The van der Waals surface area contributed by atoms with E-state index in [0.717, 1.165) is 6.54 Å². The number of carbonyl (C=O) groups is 1. The van der Waals surface area contributed by atoms with Crippen molar-refractivity contribution in [3.05, 3.63) is 35.1 Å². The van der Waals surface area contributed by atoms with Gasteiger partial charge >= 0.3 is 0 Å². The normalized spacial score (nSPS) is 19.7. The molecule has 1 atom stereocenters. The van der Waals surface area contributed by atoms with Crippen LogP contribution in [-0.4, -0.2) is 34.9 Å². The van der Waals surface area contributed by atoms with Crippen LogP contribution in [0.2, 0.25) is 0 Å². The predicted octanol–water partition coefficient (Wildman–Crippen LogP) is 1.17. The number of nitrogens with zero attached hydrogens (tertiary/aromatic N) is 1. The highest BCUT2D eigenvalue weighted by Crippen LogP contribution is 2.17. The number of amides is 1. The van der Waals surface area contributed by atoms with Crippen molar-refractivity contribution < 1.29 is 9.18 Å². The van der Waals surface area contributed by atoms with E-state index in [1.165, 1.54) is 6.07 Å². The number of hydrogen-bond acceptors (Lipinski definition) is 3. The van der Waals surface area contributed by atoms with Crippen molar-refractivity contribution in [3.8, 4) is 0 Å². The first-order valence-corrected chi connectivity index (χ1v) is 7.03. The molecule has 1 heterocycles. The second-order valence-corrected chi connectivity index (χ2v) is 5.30. The van der Waals surface area contributed by atoms with Crippen LogP contribution in [0.3, 0.4) is 0 Å². The lowest BCUT2D eigenvalue weighted by atomic mass is 10.1. The molecule has 1 amide bonds. The molecule has 20 heavy (non-hydrogen) atoms. The van der Waals surface area contributed by atoms with E-state index in [1.54, 1.807) is 12.1 Å². The molecule has 1 aromatic carbocycles. The standard InChI is InChI=1S/C14H18FN3OS/c1-2-12-14(19)17-5-6-18(12)8-10-4-3-9(13(16)20)7-11(10)15/h3-4,7,12H,2,5-6,8H2,1H3,(H2,16,20)(H,17,19). The molecule has 1 aromatic rings. The van der Waals surface area contributed by atoms with Gasteiger partial charge in [0, 0.05) is 30.8 Å². The molecule has 1 unspecified atom stereocenters. The van der Waals surface area contributed by atoms with Crippen molar-refractivity contribution in [2.45, 2.75) is 25.9 Å². The number of carbonyl (C=O) groups excluding carboxylic acids is 1. The minimum Gasteiger partial charge on any atom is -0.389 e. The number of piperazine rings is 1. The van der Waals surface area contributed by atoms with Gasteiger partial charge in [0.05, 0.1) is 6.04 Å². The van der Waals surface area contributed by atoms with Crippen LogP contribution in [0.25, 0.3) is 0 Å². The van der Waals surface area contributed by atoms with Crippen LogP contribution < -0.4 is 11.1 Å². The van der Waals surface area contributed by atoms with Crippen LogP contribution >= 0.6 is 12.2 Å². The molecule has 0 saturated carbocycles. The van der Waals surface area contributed by atoms with Crippen LogP contribution in [0.5, 0.6) is 0 Å². The van der Waals surface area contributed by atoms with Crippen LogP contribution in [0, 0.1) is 5.82 Å². The predicted molar refractivity (Wildman–Crippen MR) is 79.8 cm³/mol. The van der Waals surface area contributed by atoms with Crippen LogP contribution in [0.1, 0.15) is 24.5 Å². The highest BCUT2D eigenvalue weighted by molar-refractivity contribution is 7.80.